The molecule has 1 saturated heterocycles. The second-order valence-electron chi connectivity index (χ2n) is 8.28. The van der Waals surface area contributed by atoms with Crippen molar-refractivity contribution in [3.8, 4) is 5.69 Å². The fourth-order valence-corrected chi connectivity index (χ4v) is 4.99. The number of hydrogen-bond acceptors (Lipinski definition) is 4. The summed E-state index contributed by atoms with van der Waals surface area (Å²) in [5.41, 5.74) is 6.82. The first-order valence-corrected chi connectivity index (χ1v) is 12.0. The molecule has 2 aromatic carbocycles. The number of hydrogen-bond donors (Lipinski definition) is 1. The first-order valence-electron chi connectivity index (χ1n) is 11.2. The first kappa shape index (κ1) is 23.6. The van der Waals surface area contributed by atoms with Crippen LogP contribution in [0.15, 0.2) is 59.5 Å². The van der Waals surface area contributed by atoms with Crippen molar-refractivity contribution in [3.63, 3.8) is 0 Å². The van der Waals surface area contributed by atoms with E-state index >= 15 is 0 Å². The van der Waals surface area contributed by atoms with Crippen molar-refractivity contribution < 1.29 is 14.4 Å². The Balaban J connectivity index is 1.56. The van der Waals surface area contributed by atoms with Crippen LogP contribution in [0.25, 0.3) is 11.8 Å². The minimum absolute atomic E-state index is 0.317. The fourth-order valence-electron chi connectivity index (χ4n) is 4.16. The Morgan fingerprint density at radius 3 is 2.47 bits per heavy atom. The molecule has 1 aliphatic rings. The number of imide groups is 1. The number of nitrogens with one attached hydrogen (secondary N) is 1. The molecule has 3 aromatic rings. The summed E-state index contributed by atoms with van der Waals surface area (Å²) in [7, 11) is 0. The van der Waals surface area contributed by atoms with Crippen LogP contribution in [0.1, 0.15) is 35.0 Å². The molecule has 7 heteroatoms. The predicted octanol–water partition coefficient (Wildman–Crippen LogP) is 5.64. The van der Waals surface area contributed by atoms with Crippen LogP contribution in [-0.2, 0) is 16.0 Å². The van der Waals surface area contributed by atoms with E-state index in [1.807, 2.05) is 57.2 Å². The molecule has 0 aliphatic carbocycles. The Kier molecular flexibility index (Phi) is 6.75. The molecule has 0 spiro atoms. The molecule has 1 N–H and O–H groups in total. The maximum atomic E-state index is 13.0. The minimum atomic E-state index is -0.450. The number of nitrogens with zero attached hydrogens (tertiary/aromatic N) is 2. The van der Waals surface area contributed by atoms with Gasteiger partial charge in [-0.25, -0.2) is 0 Å². The Morgan fingerprint density at radius 2 is 1.74 bits per heavy atom. The number of thioether (sulfide) groups is 1. The third kappa shape index (κ3) is 4.56. The van der Waals surface area contributed by atoms with Crippen LogP contribution in [0, 0.1) is 20.8 Å². The van der Waals surface area contributed by atoms with E-state index in [-0.39, 0.29) is 6.54 Å². The molecular formula is C27H27N3O3S. The fraction of sp³-hybridized carbons (Fsp3) is 0.222. The lowest BCUT2D eigenvalue weighted by Crippen LogP contribution is -2.36. The maximum absolute atomic E-state index is 13.0. The molecule has 174 valence electrons. The summed E-state index contributed by atoms with van der Waals surface area (Å²) in [6.07, 6.45) is 2.66. The van der Waals surface area contributed by atoms with Crippen molar-refractivity contribution in [1.82, 2.24) is 9.47 Å². The van der Waals surface area contributed by atoms with E-state index in [1.54, 1.807) is 12.1 Å². The minimum Gasteiger partial charge on any atom is -0.324 e. The highest BCUT2D eigenvalue weighted by molar-refractivity contribution is 8.18. The lowest BCUT2D eigenvalue weighted by molar-refractivity contribution is -0.127. The number of carbonyl (C=O) groups excluding carboxylic acids is 3. The summed E-state index contributed by atoms with van der Waals surface area (Å²) < 4.78 is 2.17. The van der Waals surface area contributed by atoms with Gasteiger partial charge < -0.3 is 9.88 Å². The smallest absolute Gasteiger partial charge is 0.294 e. The van der Waals surface area contributed by atoms with E-state index in [0.717, 1.165) is 51.3 Å². The average molecular weight is 474 g/mol. The highest BCUT2D eigenvalue weighted by Crippen LogP contribution is 2.34. The van der Waals surface area contributed by atoms with Crippen LogP contribution >= 0.6 is 11.8 Å². The van der Waals surface area contributed by atoms with Gasteiger partial charge in [0.2, 0.25) is 5.91 Å². The summed E-state index contributed by atoms with van der Waals surface area (Å²) in [5, 5.41) is 2.33. The van der Waals surface area contributed by atoms with Gasteiger partial charge in [0.15, 0.2) is 0 Å². The molecule has 3 amide bonds. The van der Waals surface area contributed by atoms with Gasteiger partial charge in [-0.1, -0.05) is 43.3 Å². The van der Waals surface area contributed by atoms with Gasteiger partial charge in [-0.2, -0.15) is 0 Å². The summed E-state index contributed by atoms with van der Waals surface area (Å²) in [4.78, 5) is 39.3. The van der Waals surface area contributed by atoms with Crippen molar-refractivity contribution in [1.29, 1.82) is 0 Å². The second-order valence-corrected chi connectivity index (χ2v) is 9.27. The maximum Gasteiger partial charge on any atom is 0.294 e. The average Bonchev–Trinajstić information content (AvgIpc) is 3.24. The Labute approximate surface area is 203 Å². The van der Waals surface area contributed by atoms with Crippen molar-refractivity contribution in [2.45, 2.75) is 34.1 Å². The van der Waals surface area contributed by atoms with Crippen LogP contribution in [0.4, 0.5) is 10.5 Å². The molecular weight excluding hydrogens is 446 g/mol. The SMILES string of the molecule is CCc1ccccc1-n1c(C)cc(/C=C2\SC(=O)N(CC(=O)Nc3ccccc3C)C2=O)c1C. The molecule has 4 rings (SSSR count). The van der Waals surface area contributed by atoms with Crippen LogP contribution < -0.4 is 5.32 Å². The molecule has 6 nitrogen and oxygen atoms in total. The van der Waals surface area contributed by atoms with Gasteiger partial charge in [0.25, 0.3) is 11.1 Å². The number of anilines is 1. The van der Waals surface area contributed by atoms with Gasteiger partial charge in [0.1, 0.15) is 6.54 Å². The lowest BCUT2D eigenvalue weighted by atomic mass is 10.1. The number of amides is 3. The normalized spacial score (nSPS) is 14.8. The van der Waals surface area contributed by atoms with Crippen molar-refractivity contribution in [2.24, 2.45) is 0 Å². The van der Waals surface area contributed by atoms with Gasteiger partial charge in [0, 0.05) is 22.8 Å². The third-order valence-electron chi connectivity index (χ3n) is 5.96. The monoisotopic (exact) mass is 473 g/mol. The van der Waals surface area contributed by atoms with Gasteiger partial charge in [0.05, 0.1) is 4.91 Å². The zero-order chi connectivity index (χ0) is 24.4. The molecule has 0 atom stereocenters. The molecule has 1 aromatic heterocycles. The molecule has 0 saturated carbocycles. The largest absolute Gasteiger partial charge is 0.324 e. The summed E-state index contributed by atoms with van der Waals surface area (Å²) in [6, 6.07) is 17.6. The van der Waals surface area contributed by atoms with Crippen LogP contribution in [0.2, 0.25) is 0 Å². The first-order chi connectivity index (χ1) is 16.3. The number of aryl methyl sites for hydroxylation is 3. The van der Waals surface area contributed by atoms with Gasteiger partial charge in [-0.3, -0.25) is 19.3 Å². The van der Waals surface area contributed by atoms with Crippen LogP contribution in [0.5, 0.6) is 0 Å². The van der Waals surface area contributed by atoms with E-state index in [9.17, 15) is 14.4 Å². The van der Waals surface area contributed by atoms with E-state index in [4.69, 9.17) is 0 Å². The molecule has 2 heterocycles. The molecule has 0 bridgehead atoms. The zero-order valence-corrected chi connectivity index (χ0v) is 20.5. The van der Waals surface area contributed by atoms with E-state index in [1.165, 1.54) is 5.56 Å². The quantitative estimate of drug-likeness (QED) is 0.470. The number of rotatable bonds is 6. The van der Waals surface area contributed by atoms with Crippen molar-refractivity contribution >= 4 is 40.6 Å². The number of benzene rings is 2. The van der Waals surface area contributed by atoms with Gasteiger partial charge in [-0.05, 0) is 79.9 Å². The van der Waals surface area contributed by atoms with Crippen LogP contribution in [-0.4, -0.2) is 33.1 Å². The lowest BCUT2D eigenvalue weighted by Gasteiger charge is -2.14. The zero-order valence-electron chi connectivity index (χ0n) is 19.7. The van der Waals surface area contributed by atoms with Gasteiger partial charge in [-0.15, -0.1) is 0 Å². The molecule has 34 heavy (non-hydrogen) atoms. The number of para-hydroxylation sites is 2. The van der Waals surface area contributed by atoms with E-state index < -0.39 is 17.1 Å². The molecule has 1 aliphatic heterocycles. The highest BCUT2D eigenvalue weighted by Gasteiger charge is 2.36. The third-order valence-corrected chi connectivity index (χ3v) is 6.87. The highest BCUT2D eigenvalue weighted by atomic mass is 32.2. The summed E-state index contributed by atoms with van der Waals surface area (Å²) in [6.45, 7) is 7.72. The predicted molar refractivity (Wildman–Crippen MR) is 137 cm³/mol. The summed E-state index contributed by atoms with van der Waals surface area (Å²) >= 11 is 0.865. The topological polar surface area (TPSA) is 71.4 Å². The Hall–Kier alpha value is -3.58. The van der Waals surface area contributed by atoms with Crippen LogP contribution in [0.3, 0.4) is 0 Å². The Bertz CT molecular complexity index is 1320. The number of carbonyl (C=O) groups is 3. The van der Waals surface area contributed by atoms with Crippen molar-refractivity contribution in [2.75, 3.05) is 11.9 Å². The van der Waals surface area contributed by atoms with E-state index in [0.29, 0.717) is 10.6 Å². The van der Waals surface area contributed by atoms with Gasteiger partial charge >= 0.3 is 0 Å². The molecule has 0 unspecified atom stereocenters. The molecule has 0 radical (unpaired) electrons. The van der Waals surface area contributed by atoms with Crippen molar-refractivity contribution in [3.05, 3.63) is 87.6 Å². The number of aromatic nitrogens is 1. The van der Waals surface area contributed by atoms with E-state index in [2.05, 4.69) is 28.9 Å². The summed E-state index contributed by atoms with van der Waals surface area (Å²) in [5.74, 6) is -0.860. The standard InChI is InChI=1S/C27H27N3O3S/c1-5-20-11-7-9-13-23(20)30-18(3)14-21(19(30)4)15-24-26(32)29(27(33)34-24)16-25(31)28-22-12-8-6-10-17(22)2/h6-15H,5,16H2,1-4H3,(H,28,31)/b24-15-. The Morgan fingerprint density at radius 1 is 1.03 bits per heavy atom. The second kappa shape index (κ2) is 9.73. The molecule has 1 fully saturated rings.